The van der Waals surface area contributed by atoms with Crippen molar-refractivity contribution >= 4 is 27.5 Å². The minimum atomic E-state index is -1.26. The van der Waals surface area contributed by atoms with Gasteiger partial charge in [0.15, 0.2) is 11.6 Å². The Labute approximate surface area is 123 Å². The molecule has 19 heavy (non-hydrogen) atoms. The minimum Gasteiger partial charge on any atom is -0.384 e. The van der Waals surface area contributed by atoms with Gasteiger partial charge in [-0.2, -0.15) is 0 Å². The van der Waals surface area contributed by atoms with Crippen molar-refractivity contribution < 1.29 is 13.9 Å². The molecule has 1 nitrogen and oxygen atoms in total. The molecule has 2 rings (SSSR count). The first kappa shape index (κ1) is 14.4. The maximum absolute atomic E-state index is 13.8. The molecular formula is C14H10BrClF2O. The first-order valence-corrected chi connectivity index (χ1v) is 6.66. The van der Waals surface area contributed by atoms with E-state index in [4.69, 9.17) is 11.6 Å². The molecule has 2 aromatic rings. The van der Waals surface area contributed by atoms with Crippen LogP contribution in [-0.4, -0.2) is 5.11 Å². The van der Waals surface area contributed by atoms with E-state index < -0.39 is 17.7 Å². The maximum atomic E-state index is 13.8. The van der Waals surface area contributed by atoms with E-state index in [1.54, 1.807) is 12.1 Å². The summed E-state index contributed by atoms with van der Waals surface area (Å²) in [5.41, 5.74) is 0.485. The molecule has 5 heteroatoms. The second kappa shape index (κ2) is 5.57. The van der Waals surface area contributed by atoms with Gasteiger partial charge >= 0.3 is 0 Å². The summed E-state index contributed by atoms with van der Waals surface area (Å²) in [5.74, 6) is -1.98. The van der Waals surface area contributed by atoms with Crippen LogP contribution in [0.15, 0.2) is 34.8 Å². The standard InChI is InChI=1S/C14H10BrClF2O/c1-7-2-4-9(13(18)12(7)17)14(19)8-3-5-10(15)11(16)6-8/h2-6,14,19H,1H3. The molecule has 0 heterocycles. The highest BCUT2D eigenvalue weighted by Gasteiger charge is 2.19. The van der Waals surface area contributed by atoms with Gasteiger partial charge in [0, 0.05) is 10.0 Å². The molecule has 0 saturated heterocycles. The average molecular weight is 348 g/mol. The SMILES string of the molecule is Cc1ccc(C(O)c2ccc(Br)c(Cl)c2)c(F)c1F. The lowest BCUT2D eigenvalue weighted by atomic mass is 9.99. The van der Waals surface area contributed by atoms with Crippen molar-refractivity contribution in [2.75, 3.05) is 0 Å². The van der Waals surface area contributed by atoms with E-state index in [1.165, 1.54) is 25.1 Å². The van der Waals surface area contributed by atoms with Crippen molar-refractivity contribution in [2.24, 2.45) is 0 Å². The van der Waals surface area contributed by atoms with Crippen LogP contribution in [0.2, 0.25) is 5.02 Å². The summed E-state index contributed by atoms with van der Waals surface area (Å²) in [6.45, 7) is 1.46. The van der Waals surface area contributed by atoms with Gasteiger partial charge in [0.2, 0.25) is 0 Å². The Hall–Kier alpha value is -0.970. The first-order chi connectivity index (χ1) is 8.91. The molecule has 0 bridgehead atoms. The molecule has 0 radical (unpaired) electrons. The van der Waals surface area contributed by atoms with Crippen molar-refractivity contribution in [1.29, 1.82) is 0 Å². The molecule has 0 fully saturated rings. The van der Waals surface area contributed by atoms with Crippen LogP contribution in [0.3, 0.4) is 0 Å². The number of rotatable bonds is 2. The van der Waals surface area contributed by atoms with Gasteiger partial charge in [0.1, 0.15) is 6.10 Å². The topological polar surface area (TPSA) is 20.2 Å². The molecule has 0 spiro atoms. The van der Waals surface area contributed by atoms with Gasteiger partial charge in [-0.1, -0.05) is 29.8 Å². The van der Waals surface area contributed by atoms with E-state index in [-0.39, 0.29) is 11.1 Å². The molecule has 100 valence electrons. The number of hydrogen-bond donors (Lipinski definition) is 1. The average Bonchev–Trinajstić information content (AvgIpc) is 2.39. The second-order valence-corrected chi connectivity index (χ2v) is 5.44. The van der Waals surface area contributed by atoms with Crippen LogP contribution < -0.4 is 0 Å². The number of hydrogen-bond acceptors (Lipinski definition) is 1. The quantitative estimate of drug-likeness (QED) is 0.829. The van der Waals surface area contributed by atoms with Crippen LogP contribution in [0.25, 0.3) is 0 Å². The zero-order valence-electron chi connectivity index (χ0n) is 9.92. The highest BCUT2D eigenvalue weighted by molar-refractivity contribution is 9.10. The Morgan fingerprint density at radius 3 is 2.47 bits per heavy atom. The van der Waals surface area contributed by atoms with Gasteiger partial charge in [-0.05, 0) is 46.1 Å². The molecule has 0 aromatic heterocycles. The lowest BCUT2D eigenvalue weighted by Gasteiger charge is -2.14. The van der Waals surface area contributed by atoms with Gasteiger partial charge in [-0.15, -0.1) is 0 Å². The molecule has 0 aliphatic carbocycles. The molecule has 1 unspecified atom stereocenters. The largest absolute Gasteiger partial charge is 0.384 e. The van der Waals surface area contributed by atoms with E-state index in [1.807, 2.05) is 0 Å². The van der Waals surface area contributed by atoms with E-state index in [0.29, 0.717) is 15.1 Å². The van der Waals surface area contributed by atoms with Gasteiger partial charge in [0.25, 0.3) is 0 Å². The summed E-state index contributed by atoms with van der Waals surface area (Å²) in [4.78, 5) is 0. The van der Waals surface area contributed by atoms with Crippen molar-refractivity contribution in [3.05, 3.63) is 68.2 Å². The number of benzene rings is 2. The number of halogens is 4. The fraction of sp³-hybridized carbons (Fsp3) is 0.143. The third-order valence-corrected chi connectivity index (χ3v) is 4.09. The Kier molecular flexibility index (Phi) is 4.23. The molecule has 0 saturated carbocycles. The molecule has 0 aliphatic heterocycles. The zero-order chi connectivity index (χ0) is 14.2. The molecule has 1 atom stereocenters. The lowest BCUT2D eigenvalue weighted by Crippen LogP contribution is -2.05. The Bertz CT molecular complexity index is 631. The van der Waals surface area contributed by atoms with Gasteiger partial charge in [-0.3, -0.25) is 0 Å². The molecule has 2 aromatic carbocycles. The predicted molar refractivity (Wildman–Crippen MR) is 74.3 cm³/mol. The predicted octanol–water partition coefficient (Wildman–Crippen LogP) is 4.77. The Balaban J connectivity index is 2.47. The smallest absolute Gasteiger partial charge is 0.165 e. The van der Waals surface area contributed by atoms with Crippen LogP contribution in [0.5, 0.6) is 0 Å². The maximum Gasteiger partial charge on any atom is 0.165 e. The molecule has 0 aliphatic rings. The summed E-state index contributed by atoms with van der Waals surface area (Å²) in [6.07, 6.45) is -1.26. The summed E-state index contributed by atoms with van der Waals surface area (Å²) in [7, 11) is 0. The van der Waals surface area contributed by atoms with E-state index in [9.17, 15) is 13.9 Å². The fourth-order valence-corrected chi connectivity index (χ4v) is 2.17. The Morgan fingerprint density at radius 1 is 1.16 bits per heavy atom. The van der Waals surface area contributed by atoms with Crippen molar-refractivity contribution in [2.45, 2.75) is 13.0 Å². The highest BCUT2D eigenvalue weighted by Crippen LogP contribution is 2.31. The van der Waals surface area contributed by atoms with Crippen LogP contribution in [0, 0.1) is 18.6 Å². The molecular weight excluding hydrogens is 338 g/mol. The van der Waals surface area contributed by atoms with Crippen molar-refractivity contribution in [3.8, 4) is 0 Å². The van der Waals surface area contributed by atoms with Crippen LogP contribution in [0.4, 0.5) is 8.78 Å². The summed E-state index contributed by atoms with van der Waals surface area (Å²) < 4.78 is 28.0. The van der Waals surface area contributed by atoms with Crippen molar-refractivity contribution in [3.63, 3.8) is 0 Å². The Morgan fingerprint density at radius 2 is 1.84 bits per heavy atom. The molecule has 0 amide bonds. The van der Waals surface area contributed by atoms with E-state index in [0.717, 1.165) is 0 Å². The third-order valence-electron chi connectivity index (χ3n) is 2.86. The van der Waals surface area contributed by atoms with Crippen LogP contribution in [-0.2, 0) is 0 Å². The summed E-state index contributed by atoms with van der Waals surface area (Å²) >= 11 is 9.14. The van der Waals surface area contributed by atoms with Crippen LogP contribution >= 0.6 is 27.5 Å². The summed E-state index contributed by atoms with van der Waals surface area (Å²) in [5, 5.41) is 10.5. The zero-order valence-corrected chi connectivity index (χ0v) is 12.3. The number of aliphatic hydroxyl groups is 1. The first-order valence-electron chi connectivity index (χ1n) is 5.49. The monoisotopic (exact) mass is 346 g/mol. The number of aryl methyl sites for hydroxylation is 1. The fourth-order valence-electron chi connectivity index (χ4n) is 1.73. The highest BCUT2D eigenvalue weighted by atomic mass is 79.9. The van der Waals surface area contributed by atoms with Crippen LogP contribution in [0.1, 0.15) is 22.8 Å². The minimum absolute atomic E-state index is 0.110. The summed E-state index contributed by atoms with van der Waals surface area (Å²) in [6, 6.07) is 7.54. The third kappa shape index (κ3) is 2.81. The lowest BCUT2D eigenvalue weighted by molar-refractivity contribution is 0.213. The second-order valence-electron chi connectivity index (χ2n) is 4.18. The van der Waals surface area contributed by atoms with Gasteiger partial charge in [-0.25, -0.2) is 8.78 Å². The van der Waals surface area contributed by atoms with E-state index in [2.05, 4.69) is 15.9 Å². The van der Waals surface area contributed by atoms with E-state index >= 15 is 0 Å². The normalized spacial score (nSPS) is 12.5. The molecule has 1 N–H and O–H groups in total. The van der Waals surface area contributed by atoms with Crippen molar-refractivity contribution in [1.82, 2.24) is 0 Å². The van der Waals surface area contributed by atoms with Gasteiger partial charge < -0.3 is 5.11 Å². The van der Waals surface area contributed by atoms with Gasteiger partial charge in [0.05, 0.1) is 5.02 Å². The number of aliphatic hydroxyl groups excluding tert-OH is 1.